The van der Waals surface area contributed by atoms with E-state index in [4.69, 9.17) is 10.5 Å². The topological polar surface area (TPSA) is 104 Å². The van der Waals surface area contributed by atoms with E-state index in [1.54, 1.807) is 14.0 Å². The minimum absolute atomic E-state index is 0.0261. The highest BCUT2D eigenvalue weighted by molar-refractivity contribution is 5.83. The van der Waals surface area contributed by atoms with Crippen LogP contribution >= 0.6 is 0 Å². The fourth-order valence-corrected chi connectivity index (χ4v) is 3.07. The van der Waals surface area contributed by atoms with Gasteiger partial charge in [0.2, 0.25) is 0 Å². The van der Waals surface area contributed by atoms with Gasteiger partial charge in [0.15, 0.2) is 5.82 Å². The van der Waals surface area contributed by atoms with Crippen molar-refractivity contribution < 1.29 is 4.74 Å². The number of aliphatic imine (C=N–C) groups is 1. The van der Waals surface area contributed by atoms with E-state index < -0.39 is 11.2 Å². The number of amidine groups is 1. The molecule has 0 bridgehead atoms. The van der Waals surface area contributed by atoms with Gasteiger partial charge in [0.05, 0.1) is 0 Å². The van der Waals surface area contributed by atoms with Crippen LogP contribution in [0.25, 0.3) is 0 Å². The van der Waals surface area contributed by atoms with Gasteiger partial charge >= 0.3 is 5.69 Å². The smallest absolute Gasteiger partial charge is 0.332 e. The van der Waals surface area contributed by atoms with Gasteiger partial charge in [0.25, 0.3) is 5.56 Å². The van der Waals surface area contributed by atoms with Crippen LogP contribution < -0.4 is 22.3 Å². The molecule has 0 saturated heterocycles. The van der Waals surface area contributed by atoms with Crippen LogP contribution in [-0.4, -0.2) is 34.7 Å². The number of hydrogen-bond acceptors (Lipinski definition) is 5. The summed E-state index contributed by atoms with van der Waals surface area (Å²) in [6.07, 6.45) is 6.74. The monoisotopic (exact) mass is 395 g/mol. The van der Waals surface area contributed by atoms with Crippen molar-refractivity contribution in [3.8, 4) is 0 Å². The molecule has 0 aliphatic rings. The van der Waals surface area contributed by atoms with Crippen LogP contribution in [0.2, 0.25) is 0 Å². The highest BCUT2D eigenvalue weighted by Gasteiger charge is 2.12. The molecule has 0 aliphatic heterocycles. The Morgan fingerprint density at radius 3 is 2.50 bits per heavy atom. The average molecular weight is 396 g/mol. The van der Waals surface area contributed by atoms with E-state index in [2.05, 4.69) is 24.2 Å². The zero-order valence-corrected chi connectivity index (χ0v) is 18.1. The number of anilines is 1. The van der Waals surface area contributed by atoms with Gasteiger partial charge in [-0.2, -0.15) is 0 Å². The van der Waals surface area contributed by atoms with Crippen molar-refractivity contribution in [3.05, 3.63) is 20.8 Å². The SMILES string of the molecule is CCCOCCC(CC)CCCCN/C(C)=N/c1c(N)c(=O)n(C)c(=O)n1C. The summed E-state index contributed by atoms with van der Waals surface area (Å²) in [5, 5.41) is 3.24. The van der Waals surface area contributed by atoms with Crippen LogP contribution in [0.5, 0.6) is 0 Å². The maximum absolute atomic E-state index is 12.0. The number of aromatic nitrogens is 2. The lowest BCUT2D eigenvalue weighted by Crippen LogP contribution is -2.38. The number of nitrogens with zero attached hydrogens (tertiary/aromatic N) is 3. The first-order valence-corrected chi connectivity index (χ1v) is 10.3. The van der Waals surface area contributed by atoms with Crippen molar-refractivity contribution >= 4 is 17.3 Å². The molecule has 0 amide bonds. The van der Waals surface area contributed by atoms with Crippen molar-refractivity contribution in [2.75, 3.05) is 25.5 Å². The minimum atomic E-state index is -0.525. The fraction of sp³-hybridized carbons (Fsp3) is 0.750. The van der Waals surface area contributed by atoms with Crippen LogP contribution in [0, 0.1) is 5.92 Å². The van der Waals surface area contributed by atoms with Gasteiger partial charge in [0.1, 0.15) is 11.5 Å². The molecule has 160 valence electrons. The molecular weight excluding hydrogens is 358 g/mol. The summed E-state index contributed by atoms with van der Waals surface area (Å²) in [6, 6.07) is 0. The molecule has 0 fully saturated rings. The molecule has 0 aromatic carbocycles. The van der Waals surface area contributed by atoms with Gasteiger partial charge in [-0.1, -0.05) is 33.1 Å². The van der Waals surface area contributed by atoms with Crippen molar-refractivity contribution in [1.82, 2.24) is 14.5 Å². The number of rotatable bonds is 12. The molecule has 3 N–H and O–H groups in total. The van der Waals surface area contributed by atoms with E-state index in [1.807, 2.05) is 0 Å². The Morgan fingerprint density at radius 2 is 1.86 bits per heavy atom. The number of ether oxygens (including phenoxy) is 1. The Balaban J connectivity index is 2.48. The molecule has 1 aromatic heterocycles. The predicted octanol–water partition coefficient (Wildman–Crippen LogP) is 2.32. The number of nitrogens with one attached hydrogen (secondary N) is 1. The Labute approximate surface area is 167 Å². The molecule has 1 aromatic rings. The third-order valence-corrected chi connectivity index (χ3v) is 4.96. The second-order valence-corrected chi connectivity index (χ2v) is 7.24. The normalized spacial score (nSPS) is 13.0. The van der Waals surface area contributed by atoms with Crippen molar-refractivity contribution in [3.63, 3.8) is 0 Å². The molecule has 1 heterocycles. The fourth-order valence-electron chi connectivity index (χ4n) is 3.07. The minimum Gasteiger partial charge on any atom is -0.391 e. The van der Waals surface area contributed by atoms with E-state index in [1.165, 1.54) is 24.5 Å². The molecule has 8 heteroatoms. The van der Waals surface area contributed by atoms with Crippen LogP contribution in [0.15, 0.2) is 14.6 Å². The molecule has 1 unspecified atom stereocenters. The van der Waals surface area contributed by atoms with Crippen LogP contribution in [0.1, 0.15) is 59.3 Å². The van der Waals surface area contributed by atoms with E-state index >= 15 is 0 Å². The number of hydrogen-bond donors (Lipinski definition) is 2. The molecule has 8 nitrogen and oxygen atoms in total. The molecular formula is C20H37N5O3. The third kappa shape index (κ3) is 7.14. The van der Waals surface area contributed by atoms with Crippen molar-refractivity contribution in [2.24, 2.45) is 25.0 Å². The second-order valence-electron chi connectivity index (χ2n) is 7.24. The first-order chi connectivity index (χ1) is 13.3. The molecule has 0 aliphatic carbocycles. The second kappa shape index (κ2) is 12.4. The lowest BCUT2D eigenvalue weighted by Gasteiger charge is -2.15. The molecule has 0 radical (unpaired) electrons. The van der Waals surface area contributed by atoms with Crippen LogP contribution in [0.3, 0.4) is 0 Å². The van der Waals surface area contributed by atoms with E-state index in [9.17, 15) is 9.59 Å². The highest BCUT2D eigenvalue weighted by atomic mass is 16.5. The molecule has 1 rings (SSSR count). The summed E-state index contributed by atoms with van der Waals surface area (Å²) >= 11 is 0. The van der Waals surface area contributed by atoms with E-state index in [0.29, 0.717) is 11.8 Å². The number of nitrogen functional groups attached to an aromatic ring is 1. The molecule has 0 saturated carbocycles. The summed E-state index contributed by atoms with van der Waals surface area (Å²) in [6.45, 7) is 8.66. The van der Waals surface area contributed by atoms with Gasteiger partial charge in [-0.15, -0.1) is 0 Å². The Kier molecular flexibility index (Phi) is 10.6. The predicted molar refractivity (Wildman–Crippen MR) is 115 cm³/mol. The number of unbranched alkanes of at least 4 members (excludes halogenated alkanes) is 1. The first kappa shape index (κ1) is 23.9. The quantitative estimate of drug-likeness (QED) is 0.321. The summed E-state index contributed by atoms with van der Waals surface area (Å²) in [5.74, 6) is 1.53. The molecule has 1 atom stereocenters. The molecule has 0 spiro atoms. The van der Waals surface area contributed by atoms with Gasteiger partial charge in [0, 0.05) is 33.9 Å². The first-order valence-electron chi connectivity index (χ1n) is 10.3. The maximum Gasteiger partial charge on any atom is 0.332 e. The van der Waals surface area contributed by atoms with Crippen LogP contribution in [-0.2, 0) is 18.8 Å². The lowest BCUT2D eigenvalue weighted by molar-refractivity contribution is 0.118. The zero-order chi connectivity index (χ0) is 21.1. The average Bonchev–Trinajstić information content (AvgIpc) is 2.69. The zero-order valence-electron chi connectivity index (χ0n) is 18.1. The maximum atomic E-state index is 12.0. The van der Waals surface area contributed by atoms with Crippen LogP contribution in [0.4, 0.5) is 11.5 Å². The summed E-state index contributed by atoms with van der Waals surface area (Å²) < 4.78 is 7.85. The largest absolute Gasteiger partial charge is 0.391 e. The Morgan fingerprint density at radius 1 is 1.14 bits per heavy atom. The van der Waals surface area contributed by atoms with Gasteiger partial charge < -0.3 is 15.8 Å². The number of nitrogens with two attached hydrogens (primary N) is 1. The van der Waals surface area contributed by atoms with Gasteiger partial charge in [-0.3, -0.25) is 13.9 Å². The van der Waals surface area contributed by atoms with Crippen molar-refractivity contribution in [2.45, 2.75) is 59.3 Å². The summed E-state index contributed by atoms with van der Waals surface area (Å²) in [5.41, 5.74) is 4.85. The summed E-state index contributed by atoms with van der Waals surface area (Å²) in [4.78, 5) is 28.3. The highest BCUT2D eigenvalue weighted by Crippen LogP contribution is 2.17. The van der Waals surface area contributed by atoms with Gasteiger partial charge in [-0.25, -0.2) is 9.79 Å². The Hall–Kier alpha value is -2.09. The molecule has 28 heavy (non-hydrogen) atoms. The van der Waals surface area contributed by atoms with Crippen molar-refractivity contribution in [1.29, 1.82) is 0 Å². The summed E-state index contributed by atoms with van der Waals surface area (Å²) in [7, 11) is 2.96. The standard InChI is InChI=1S/C20H37N5O3/c1-6-13-28-14-11-16(7-2)10-8-9-12-22-15(3)23-18-17(21)19(26)25(5)20(27)24(18)4/h16H,6-14,21H2,1-5H3,(H,22,23). The van der Waals surface area contributed by atoms with Gasteiger partial charge in [-0.05, 0) is 32.1 Å². The Bertz CT molecular complexity index is 714. The third-order valence-electron chi connectivity index (χ3n) is 4.96. The lowest BCUT2D eigenvalue weighted by atomic mass is 9.96. The van der Waals surface area contributed by atoms with E-state index in [0.717, 1.165) is 50.0 Å². The van der Waals surface area contributed by atoms with E-state index in [-0.39, 0.29) is 11.5 Å².